The van der Waals surface area contributed by atoms with Gasteiger partial charge in [0.05, 0.1) is 5.02 Å². The van der Waals surface area contributed by atoms with Crippen molar-refractivity contribution in [1.82, 2.24) is 0 Å². The van der Waals surface area contributed by atoms with E-state index < -0.39 is 0 Å². The average Bonchev–Trinajstić information content (AvgIpc) is 2.55. The number of nitrogens with two attached hydrogens (primary N) is 1. The summed E-state index contributed by atoms with van der Waals surface area (Å²) >= 11 is 11.2. The van der Waals surface area contributed by atoms with E-state index in [1.54, 1.807) is 0 Å². The van der Waals surface area contributed by atoms with Gasteiger partial charge in [0.2, 0.25) is 0 Å². The summed E-state index contributed by atoms with van der Waals surface area (Å²) in [5.41, 5.74) is 7.42. The van der Waals surface area contributed by atoms with Crippen molar-refractivity contribution in [3.8, 4) is 0 Å². The van der Waals surface area contributed by atoms with Crippen LogP contribution in [0.5, 0.6) is 0 Å². The first-order valence-electron chi connectivity index (χ1n) is 6.94. The fourth-order valence-corrected chi connectivity index (χ4v) is 3.24. The molecule has 2 unspecified atom stereocenters. The SMILES string of the molecule is CC1CCCCCC1Nc1ccc(C(N)=S)c(Cl)c1. The standard InChI is InChI=1S/C15H21ClN2S/c1-10-5-3-2-4-6-14(10)18-11-7-8-12(15(17)19)13(16)9-11/h7-10,14,18H,2-6H2,1H3,(H2,17,19). The Balaban J connectivity index is 2.10. The van der Waals surface area contributed by atoms with Crippen LogP contribution in [0.2, 0.25) is 5.02 Å². The summed E-state index contributed by atoms with van der Waals surface area (Å²) < 4.78 is 0. The Morgan fingerprint density at radius 1 is 1.32 bits per heavy atom. The summed E-state index contributed by atoms with van der Waals surface area (Å²) in [5.74, 6) is 0.705. The van der Waals surface area contributed by atoms with Gasteiger partial charge in [0.1, 0.15) is 4.99 Å². The lowest BCUT2D eigenvalue weighted by atomic mass is 9.96. The molecule has 0 radical (unpaired) electrons. The zero-order valence-electron chi connectivity index (χ0n) is 11.3. The molecule has 0 amide bonds. The van der Waals surface area contributed by atoms with Gasteiger partial charge in [-0.2, -0.15) is 0 Å². The van der Waals surface area contributed by atoms with Gasteiger partial charge in [-0.3, -0.25) is 0 Å². The first-order chi connectivity index (χ1) is 9.08. The predicted octanol–water partition coefficient (Wildman–Crippen LogP) is 4.35. The third-order valence-corrected chi connectivity index (χ3v) is 4.48. The molecule has 0 spiro atoms. The summed E-state index contributed by atoms with van der Waals surface area (Å²) in [5, 5.41) is 4.23. The number of rotatable bonds is 3. The molecule has 0 bridgehead atoms. The number of hydrogen-bond donors (Lipinski definition) is 2. The average molecular weight is 297 g/mol. The van der Waals surface area contributed by atoms with Crippen molar-refractivity contribution in [2.75, 3.05) is 5.32 Å². The Hall–Kier alpha value is -0.800. The summed E-state index contributed by atoms with van der Waals surface area (Å²) in [7, 11) is 0. The number of nitrogens with one attached hydrogen (secondary N) is 1. The maximum atomic E-state index is 6.20. The molecule has 2 atom stereocenters. The zero-order valence-corrected chi connectivity index (χ0v) is 12.9. The van der Waals surface area contributed by atoms with Gasteiger partial charge in [0, 0.05) is 17.3 Å². The first kappa shape index (κ1) is 14.6. The third kappa shape index (κ3) is 3.83. The molecule has 0 heterocycles. The lowest BCUT2D eigenvalue weighted by molar-refractivity contribution is 0.457. The number of hydrogen-bond acceptors (Lipinski definition) is 2. The van der Waals surface area contributed by atoms with Crippen LogP contribution < -0.4 is 11.1 Å². The Kier molecular flexibility index (Phi) is 5.06. The number of benzene rings is 1. The van der Waals surface area contributed by atoms with Crippen LogP contribution in [-0.2, 0) is 0 Å². The Bertz CT molecular complexity index is 461. The van der Waals surface area contributed by atoms with Crippen molar-refractivity contribution in [1.29, 1.82) is 0 Å². The van der Waals surface area contributed by atoms with E-state index in [0.29, 0.717) is 22.0 Å². The van der Waals surface area contributed by atoms with Crippen LogP contribution in [-0.4, -0.2) is 11.0 Å². The highest BCUT2D eigenvalue weighted by Gasteiger charge is 2.19. The molecule has 2 nitrogen and oxygen atoms in total. The highest BCUT2D eigenvalue weighted by Crippen LogP contribution is 2.27. The monoisotopic (exact) mass is 296 g/mol. The van der Waals surface area contributed by atoms with Crippen molar-refractivity contribution in [2.24, 2.45) is 11.7 Å². The molecule has 1 aliphatic carbocycles. The van der Waals surface area contributed by atoms with Crippen LogP contribution in [0.25, 0.3) is 0 Å². The van der Waals surface area contributed by atoms with Gasteiger partial charge in [-0.25, -0.2) is 0 Å². The quantitative estimate of drug-likeness (QED) is 0.643. The minimum absolute atomic E-state index is 0.347. The summed E-state index contributed by atoms with van der Waals surface area (Å²) in [6, 6.07) is 6.37. The second-order valence-corrected chi connectivity index (χ2v) is 6.27. The van der Waals surface area contributed by atoms with Crippen molar-refractivity contribution >= 4 is 34.5 Å². The fourth-order valence-electron chi connectivity index (χ4n) is 2.73. The number of anilines is 1. The lowest BCUT2D eigenvalue weighted by Crippen LogP contribution is -2.26. The fraction of sp³-hybridized carbons (Fsp3) is 0.533. The largest absolute Gasteiger partial charge is 0.389 e. The molecule has 1 fully saturated rings. The molecule has 1 aromatic carbocycles. The number of halogens is 1. The molecular formula is C15H21ClN2S. The van der Waals surface area contributed by atoms with Crippen molar-refractivity contribution < 1.29 is 0 Å². The van der Waals surface area contributed by atoms with Crippen LogP contribution in [0.3, 0.4) is 0 Å². The second-order valence-electron chi connectivity index (χ2n) is 5.43. The molecule has 19 heavy (non-hydrogen) atoms. The van der Waals surface area contributed by atoms with E-state index in [1.165, 1.54) is 32.1 Å². The minimum atomic E-state index is 0.347. The molecule has 2 rings (SSSR count). The van der Waals surface area contributed by atoms with Crippen molar-refractivity contribution in [3.63, 3.8) is 0 Å². The number of thiocarbonyl (C=S) groups is 1. The van der Waals surface area contributed by atoms with Crippen molar-refractivity contribution in [3.05, 3.63) is 28.8 Å². The van der Waals surface area contributed by atoms with Crippen LogP contribution in [0.15, 0.2) is 18.2 Å². The lowest BCUT2D eigenvalue weighted by Gasteiger charge is -2.24. The zero-order chi connectivity index (χ0) is 13.8. The van der Waals surface area contributed by atoms with Gasteiger partial charge < -0.3 is 11.1 Å². The molecule has 1 aromatic rings. The molecule has 3 N–H and O–H groups in total. The Morgan fingerprint density at radius 2 is 2.05 bits per heavy atom. The molecule has 104 valence electrons. The third-order valence-electron chi connectivity index (χ3n) is 3.95. The maximum Gasteiger partial charge on any atom is 0.105 e. The Labute approximate surface area is 125 Å². The van der Waals surface area contributed by atoms with E-state index in [9.17, 15) is 0 Å². The maximum absolute atomic E-state index is 6.20. The summed E-state index contributed by atoms with van der Waals surface area (Å²) in [6.07, 6.45) is 6.54. The highest BCUT2D eigenvalue weighted by molar-refractivity contribution is 7.80. The smallest absolute Gasteiger partial charge is 0.105 e. The minimum Gasteiger partial charge on any atom is -0.389 e. The van der Waals surface area contributed by atoms with Gasteiger partial charge in [-0.15, -0.1) is 0 Å². The molecule has 4 heteroatoms. The van der Waals surface area contributed by atoms with Gasteiger partial charge in [0.15, 0.2) is 0 Å². The van der Waals surface area contributed by atoms with E-state index in [1.807, 2.05) is 18.2 Å². The van der Waals surface area contributed by atoms with E-state index in [2.05, 4.69) is 12.2 Å². The van der Waals surface area contributed by atoms with Crippen LogP contribution >= 0.6 is 23.8 Å². The van der Waals surface area contributed by atoms with Crippen LogP contribution in [0.1, 0.15) is 44.6 Å². The molecule has 0 aromatic heterocycles. The predicted molar refractivity (Wildman–Crippen MR) is 87.0 cm³/mol. The summed E-state index contributed by atoms with van der Waals surface area (Å²) in [4.78, 5) is 0.347. The van der Waals surface area contributed by atoms with E-state index in [4.69, 9.17) is 29.6 Å². The molecule has 0 saturated heterocycles. The normalized spacial score (nSPS) is 23.7. The molecular weight excluding hydrogens is 276 g/mol. The Morgan fingerprint density at radius 3 is 2.74 bits per heavy atom. The van der Waals surface area contributed by atoms with E-state index in [0.717, 1.165) is 11.3 Å². The topological polar surface area (TPSA) is 38.0 Å². The van der Waals surface area contributed by atoms with Gasteiger partial charge in [-0.05, 0) is 37.0 Å². The van der Waals surface area contributed by atoms with Crippen LogP contribution in [0, 0.1) is 5.92 Å². The van der Waals surface area contributed by atoms with Gasteiger partial charge in [-0.1, -0.05) is 50.0 Å². The van der Waals surface area contributed by atoms with Gasteiger partial charge >= 0.3 is 0 Å². The van der Waals surface area contributed by atoms with E-state index in [-0.39, 0.29) is 0 Å². The molecule has 0 aliphatic heterocycles. The van der Waals surface area contributed by atoms with Gasteiger partial charge in [0.25, 0.3) is 0 Å². The first-order valence-corrected chi connectivity index (χ1v) is 7.72. The van der Waals surface area contributed by atoms with Crippen molar-refractivity contribution in [2.45, 2.75) is 45.1 Å². The molecule has 1 aliphatic rings. The molecule has 1 saturated carbocycles. The van der Waals surface area contributed by atoms with Crippen LogP contribution in [0.4, 0.5) is 5.69 Å². The van der Waals surface area contributed by atoms with E-state index >= 15 is 0 Å². The highest BCUT2D eigenvalue weighted by atomic mass is 35.5. The summed E-state index contributed by atoms with van der Waals surface area (Å²) in [6.45, 7) is 2.33. The second kappa shape index (κ2) is 6.58.